The largest absolute Gasteiger partial charge is 0.488 e. The number of hydrogen-bond acceptors (Lipinski definition) is 9. The number of fused-ring (bicyclic) bond motifs is 3. The third-order valence-corrected chi connectivity index (χ3v) is 6.40. The Morgan fingerprint density at radius 3 is 2.57 bits per heavy atom. The van der Waals surface area contributed by atoms with Crippen molar-refractivity contribution in [2.24, 2.45) is 0 Å². The number of methoxy groups -OCH3 is 1. The van der Waals surface area contributed by atoms with Gasteiger partial charge in [0.1, 0.15) is 5.56 Å². The molecule has 2 aromatic carbocycles. The molecule has 1 aliphatic heterocycles. The molecule has 192 valence electrons. The summed E-state index contributed by atoms with van der Waals surface area (Å²) in [6.45, 7) is 3.26. The number of thioether (sulfide) groups is 1. The second-order valence-electron chi connectivity index (χ2n) is 7.88. The molecule has 1 aromatic heterocycles. The molecule has 0 fully saturated rings. The van der Waals surface area contributed by atoms with E-state index in [4.69, 9.17) is 9.47 Å². The summed E-state index contributed by atoms with van der Waals surface area (Å²) >= 11 is 1.17. The lowest BCUT2D eigenvalue weighted by molar-refractivity contribution is -0.763. The van der Waals surface area contributed by atoms with Gasteiger partial charge < -0.3 is 9.47 Å². The van der Waals surface area contributed by atoms with E-state index in [1.165, 1.54) is 40.6 Å². The van der Waals surface area contributed by atoms with Crippen LogP contribution in [-0.4, -0.2) is 40.2 Å². The fraction of sp³-hybridized carbons (Fsp3) is 0.292. The van der Waals surface area contributed by atoms with Crippen LogP contribution in [0.1, 0.15) is 38.4 Å². The van der Waals surface area contributed by atoms with Crippen molar-refractivity contribution in [3.8, 4) is 22.8 Å². The second kappa shape index (κ2) is 10.4. The van der Waals surface area contributed by atoms with Crippen LogP contribution >= 0.6 is 11.8 Å². The molecule has 13 heteroatoms. The molecule has 1 amide bonds. The number of amides is 1. The van der Waals surface area contributed by atoms with Crippen LogP contribution in [0.5, 0.6) is 11.5 Å². The summed E-state index contributed by atoms with van der Waals surface area (Å²) in [7, 11) is 1.22. The zero-order valence-electron chi connectivity index (χ0n) is 20.5. The van der Waals surface area contributed by atoms with Gasteiger partial charge in [0.25, 0.3) is 6.17 Å². The monoisotopic (exact) mass is 526 g/mol. The van der Waals surface area contributed by atoms with Gasteiger partial charge in [-0.2, -0.15) is 0 Å². The molecule has 0 saturated carbocycles. The number of hydrogen-bond donors (Lipinski definition) is 1. The highest BCUT2D eigenvalue weighted by molar-refractivity contribution is 7.98. The van der Waals surface area contributed by atoms with Crippen molar-refractivity contribution in [3.05, 3.63) is 62.4 Å². The van der Waals surface area contributed by atoms with Crippen LogP contribution in [0.15, 0.2) is 46.3 Å². The van der Waals surface area contributed by atoms with E-state index in [0.29, 0.717) is 11.3 Å². The summed E-state index contributed by atoms with van der Waals surface area (Å²) in [4.78, 5) is 54.4. The first kappa shape index (κ1) is 25.8. The van der Waals surface area contributed by atoms with Gasteiger partial charge in [-0.05, 0) is 35.2 Å². The SMILES string of the molecule is CCC(=O)Oc1ccc(C2N(C(=O)CC)c3ccccc3-c3c(=O)[nH]c(SC)n[n+]32)c([N+](=O)[O-])c1OC. The van der Waals surface area contributed by atoms with Gasteiger partial charge in [0, 0.05) is 17.9 Å². The molecule has 1 N–H and O–H groups in total. The van der Waals surface area contributed by atoms with Crippen LogP contribution in [0.25, 0.3) is 11.3 Å². The van der Waals surface area contributed by atoms with Crippen LogP contribution in [0, 0.1) is 10.1 Å². The molecule has 0 saturated heterocycles. The number of nitro benzene ring substituents is 1. The molecular weight excluding hydrogens is 502 g/mol. The van der Waals surface area contributed by atoms with E-state index in [0.717, 1.165) is 0 Å². The Hall–Kier alpha value is -4.26. The number of ether oxygens (including phenoxy) is 2. The molecule has 0 spiro atoms. The average Bonchev–Trinajstić information content (AvgIpc) is 2.90. The third-order valence-electron chi connectivity index (χ3n) is 5.83. The Bertz CT molecular complexity index is 1470. The fourth-order valence-corrected chi connectivity index (χ4v) is 4.59. The maximum absolute atomic E-state index is 13.4. The van der Waals surface area contributed by atoms with Gasteiger partial charge >= 0.3 is 22.9 Å². The number of carbonyl (C=O) groups excluding carboxylic acids is 2. The summed E-state index contributed by atoms with van der Waals surface area (Å²) in [5.41, 5.74) is 0.0134. The number of anilines is 1. The van der Waals surface area contributed by atoms with Crippen LogP contribution < -0.4 is 24.6 Å². The van der Waals surface area contributed by atoms with Crippen molar-refractivity contribution in [2.45, 2.75) is 38.0 Å². The van der Waals surface area contributed by atoms with Crippen LogP contribution in [0.4, 0.5) is 11.4 Å². The summed E-state index contributed by atoms with van der Waals surface area (Å²) in [6.07, 6.45) is 0.630. The van der Waals surface area contributed by atoms with Crippen molar-refractivity contribution >= 4 is 35.0 Å². The highest BCUT2D eigenvalue weighted by atomic mass is 32.2. The molecule has 12 nitrogen and oxygen atoms in total. The fourth-order valence-electron chi connectivity index (χ4n) is 4.22. The molecule has 37 heavy (non-hydrogen) atoms. The number of nitrogens with one attached hydrogen (secondary N) is 1. The number of para-hydroxylation sites is 1. The van der Waals surface area contributed by atoms with Gasteiger partial charge in [0.05, 0.1) is 23.3 Å². The molecule has 4 rings (SSSR count). The zero-order chi connectivity index (χ0) is 26.9. The minimum absolute atomic E-state index is 0.0193. The second-order valence-corrected chi connectivity index (χ2v) is 8.68. The lowest BCUT2D eigenvalue weighted by Gasteiger charge is -2.31. The molecule has 1 unspecified atom stereocenters. The van der Waals surface area contributed by atoms with Crippen molar-refractivity contribution < 1.29 is 28.7 Å². The molecule has 0 bridgehead atoms. The van der Waals surface area contributed by atoms with Gasteiger partial charge in [-0.1, -0.05) is 37.7 Å². The normalized spacial score (nSPS) is 13.9. The summed E-state index contributed by atoms with van der Waals surface area (Å²) in [6, 6.07) is 9.54. The molecule has 0 aliphatic carbocycles. The minimum atomic E-state index is -1.21. The van der Waals surface area contributed by atoms with Gasteiger partial charge in [-0.25, -0.2) is 4.90 Å². The number of carbonyl (C=O) groups is 2. The number of aromatic nitrogens is 3. The Balaban J connectivity index is 2.11. The maximum atomic E-state index is 13.4. The topological polar surface area (TPSA) is 149 Å². The van der Waals surface area contributed by atoms with Crippen LogP contribution in [0.3, 0.4) is 0 Å². The number of H-pyrrole nitrogens is 1. The van der Waals surface area contributed by atoms with Crippen LogP contribution in [-0.2, 0) is 9.59 Å². The lowest BCUT2D eigenvalue weighted by Crippen LogP contribution is -2.61. The number of nitrogens with zero attached hydrogens (tertiary/aromatic N) is 4. The van der Waals surface area contributed by atoms with Crippen molar-refractivity contribution in [1.82, 2.24) is 10.1 Å². The average molecular weight is 527 g/mol. The quantitative estimate of drug-likeness (QED) is 0.122. The highest BCUT2D eigenvalue weighted by Crippen LogP contribution is 2.45. The Morgan fingerprint density at radius 1 is 1.22 bits per heavy atom. The van der Waals surface area contributed by atoms with Crippen molar-refractivity contribution in [1.29, 1.82) is 0 Å². The predicted molar refractivity (Wildman–Crippen MR) is 134 cm³/mol. The smallest absolute Gasteiger partial charge is 0.326 e. The number of nitro groups is 1. The first-order valence-electron chi connectivity index (χ1n) is 11.3. The molecule has 3 aromatic rings. The van der Waals surface area contributed by atoms with E-state index in [1.54, 1.807) is 44.4 Å². The lowest BCUT2D eigenvalue weighted by atomic mass is 9.99. The first-order chi connectivity index (χ1) is 17.8. The third kappa shape index (κ3) is 4.42. The number of aromatic amines is 1. The van der Waals surface area contributed by atoms with E-state index >= 15 is 0 Å². The first-order valence-corrected chi connectivity index (χ1v) is 12.6. The molecular formula is C24H24N5O7S+. The highest BCUT2D eigenvalue weighted by Gasteiger charge is 2.49. The standard InChI is InChI=1S/C24H23N5O7S/c1-5-17(30)27-15-10-8-7-9-13(15)20-22(32)25-24(37-4)26-28(20)23(27)14-11-12-16(36-18(31)6-2)21(35-3)19(14)29(33)34/h7-12,23H,5-6H2,1-4H3/p+1. The van der Waals surface area contributed by atoms with Crippen LogP contribution in [0.2, 0.25) is 0 Å². The molecule has 2 heterocycles. The number of rotatable bonds is 7. The maximum Gasteiger partial charge on any atom is 0.326 e. The molecule has 1 aliphatic rings. The summed E-state index contributed by atoms with van der Waals surface area (Å²) in [5.74, 6) is -1.38. The Labute approximate surface area is 215 Å². The Morgan fingerprint density at radius 2 is 1.95 bits per heavy atom. The van der Waals surface area contributed by atoms with E-state index in [2.05, 4.69) is 10.1 Å². The van der Waals surface area contributed by atoms with Gasteiger partial charge in [0.2, 0.25) is 16.8 Å². The van der Waals surface area contributed by atoms with Crippen molar-refractivity contribution in [2.75, 3.05) is 18.3 Å². The van der Waals surface area contributed by atoms with E-state index < -0.39 is 28.3 Å². The van der Waals surface area contributed by atoms with Gasteiger partial charge in [-0.15, -0.1) is 0 Å². The van der Waals surface area contributed by atoms with Gasteiger partial charge in [-0.3, -0.25) is 29.5 Å². The van der Waals surface area contributed by atoms with Gasteiger partial charge in [0.15, 0.2) is 5.75 Å². The number of esters is 1. The molecule has 0 radical (unpaired) electrons. The molecule has 1 atom stereocenters. The van der Waals surface area contributed by atoms with E-state index in [9.17, 15) is 24.5 Å². The summed E-state index contributed by atoms with van der Waals surface area (Å²) in [5, 5.41) is 17.2. The zero-order valence-corrected chi connectivity index (χ0v) is 21.3. The van der Waals surface area contributed by atoms with E-state index in [-0.39, 0.29) is 46.7 Å². The van der Waals surface area contributed by atoms with Crippen molar-refractivity contribution in [3.63, 3.8) is 0 Å². The number of benzene rings is 2. The summed E-state index contributed by atoms with van der Waals surface area (Å²) < 4.78 is 11.9. The predicted octanol–water partition coefficient (Wildman–Crippen LogP) is 2.98. The van der Waals surface area contributed by atoms with E-state index in [1.807, 2.05) is 0 Å². The minimum Gasteiger partial charge on any atom is -0.488 e. The Kier molecular flexibility index (Phi) is 7.25.